The number of nitrogens with one attached hydrogen (secondary N) is 1. The summed E-state index contributed by atoms with van der Waals surface area (Å²) in [5.74, 6) is -0.147. The quantitative estimate of drug-likeness (QED) is 0.389. The molecule has 3 aromatic carbocycles. The van der Waals surface area contributed by atoms with Crippen LogP contribution < -0.4 is 10.1 Å². The minimum Gasteiger partial charge on any atom is -0.506 e. The summed E-state index contributed by atoms with van der Waals surface area (Å²) in [4.78, 5) is 22.5. The number of phenols is 1. The predicted octanol–water partition coefficient (Wildman–Crippen LogP) is 4.13. The number of non-ortho nitro benzene ring substituents is 1. The van der Waals surface area contributed by atoms with Crippen molar-refractivity contribution in [2.45, 2.75) is 6.61 Å². The second-order valence-electron chi connectivity index (χ2n) is 5.71. The van der Waals surface area contributed by atoms with E-state index in [1.165, 1.54) is 0 Å². The number of hydrogen-bond donors (Lipinski definition) is 2. The van der Waals surface area contributed by atoms with Crippen LogP contribution in [-0.4, -0.2) is 15.9 Å². The zero-order valence-electron chi connectivity index (χ0n) is 14.2. The summed E-state index contributed by atoms with van der Waals surface area (Å²) in [5, 5.41) is 23.1. The van der Waals surface area contributed by atoms with E-state index in [1.807, 2.05) is 30.3 Å². The van der Waals surface area contributed by atoms with E-state index in [4.69, 9.17) is 4.74 Å². The number of nitro groups is 1. The summed E-state index contributed by atoms with van der Waals surface area (Å²) in [7, 11) is 0. The lowest BCUT2D eigenvalue weighted by atomic mass is 10.2. The normalized spacial score (nSPS) is 10.2. The molecular formula is C20H16N2O5. The lowest BCUT2D eigenvalue weighted by molar-refractivity contribution is -0.384. The number of carbonyl (C=O) groups excluding carboxylic acids is 1. The molecule has 0 saturated heterocycles. The maximum Gasteiger partial charge on any atom is 0.271 e. The highest BCUT2D eigenvalue weighted by atomic mass is 16.6. The minimum absolute atomic E-state index is 0.0291. The number of phenolic OH excluding ortho intramolecular Hbond substituents is 1. The number of aromatic hydroxyl groups is 1. The number of nitrogens with zero attached hydrogens (tertiary/aromatic N) is 1. The van der Waals surface area contributed by atoms with Gasteiger partial charge in [0.15, 0.2) is 0 Å². The number of ether oxygens (including phenoxy) is 1. The molecule has 0 aromatic heterocycles. The SMILES string of the molecule is O=C(Nc1cc([N+](=O)[O-])ccc1O)c1ccc(OCc2ccccc2)cc1. The van der Waals surface area contributed by atoms with Gasteiger partial charge in [-0.3, -0.25) is 14.9 Å². The molecule has 0 saturated carbocycles. The molecule has 0 aliphatic carbocycles. The van der Waals surface area contributed by atoms with E-state index in [0.29, 0.717) is 17.9 Å². The van der Waals surface area contributed by atoms with Crippen molar-refractivity contribution in [1.82, 2.24) is 0 Å². The summed E-state index contributed by atoms with van der Waals surface area (Å²) in [6.45, 7) is 0.411. The summed E-state index contributed by atoms with van der Waals surface area (Å²) in [6, 6.07) is 19.6. The Labute approximate surface area is 155 Å². The Morgan fingerprint density at radius 2 is 1.74 bits per heavy atom. The first-order chi connectivity index (χ1) is 13.0. The van der Waals surface area contributed by atoms with Crippen LogP contribution >= 0.6 is 0 Å². The van der Waals surface area contributed by atoms with Crippen molar-refractivity contribution in [3.05, 3.63) is 94.0 Å². The molecule has 0 spiro atoms. The van der Waals surface area contributed by atoms with Crippen molar-refractivity contribution >= 4 is 17.3 Å². The number of hydrogen-bond acceptors (Lipinski definition) is 5. The van der Waals surface area contributed by atoms with Gasteiger partial charge in [0.1, 0.15) is 18.1 Å². The van der Waals surface area contributed by atoms with Crippen LogP contribution in [0.15, 0.2) is 72.8 Å². The standard InChI is InChI=1S/C20H16N2O5/c23-19-11-8-16(22(25)26)12-18(19)21-20(24)15-6-9-17(10-7-15)27-13-14-4-2-1-3-5-14/h1-12,23H,13H2,(H,21,24). The van der Waals surface area contributed by atoms with Crippen LogP contribution in [0.25, 0.3) is 0 Å². The Hall–Kier alpha value is -3.87. The molecule has 0 unspecified atom stereocenters. The molecule has 0 fully saturated rings. The van der Waals surface area contributed by atoms with E-state index in [2.05, 4.69) is 5.32 Å². The van der Waals surface area contributed by atoms with E-state index >= 15 is 0 Å². The van der Waals surface area contributed by atoms with Crippen LogP contribution in [0.4, 0.5) is 11.4 Å². The molecule has 2 N–H and O–H groups in total. The second kappa shape index (κ2) is 8.01. The predicted molar refractivity (Wildman–Crippen MR) is 99.9 cm³/mol. The Morgan fingerprint density at radius 1 is 1.04 bits per heavy atom. The average molecular weight is 364 g/mol. The Morgan fingerprint density at radius 3 is 2.41 bits per heavy atom. The first-order valence-corrected chi connectivity index (χ1v) is 8.08. The van der Waals surface area contributed by atoms with Gasteiger partial charge in [-0.2, -0.15) is 0 Å². The number of rotatable bonds is 6. The molecule has 136 valence electrons. The highest BCUT2D eigenvalue weighted by Crippen LogP contribution is 2.28. The van der Waals surface area contributed by atoms with Gasteiger partial charge in [0, 0.05) is 17.7 Å². The Kier molecular flexibility index (Phi) is 5.32. The molecule has 27 heavy (non-hydrogen) atoms. The molecule has 3 rings (SSSR count). The van der Waals surface area contributed by atoms with Crippen LogP contribution in [-0.2, 0) is 6.61 Å². The van der Waals surface area contributed by atoms with Crippen LogP contribution in [0.2, 0.25) is 0 Å². The van der Waals surface area contributed by atoms with Gasteiger partial charge in [-0.15, -0.1) is 0 Å². The number of carbonyl (C=O) groups is 1. The lowest BCUT2D eigenvalue weighted by Crippen LogP contribution is -2.12. The van der Waals surface area contributed by atoms with E-state index < -0.39 is 10.8 Å². The average Bonchev–Trinajstić information content (AvgIpc) is 2.69. The van der Waals surface area contributed by atoms with Crippen LogP contribution in [0.5, 0.6) is 11.5 Å². The molecule has 1 amide bonds. The van der Waals surface area contributed by atoms with Crippen molar-refractivity contribution < 1.29 is 19.6 Å². The fourth-order valence-corrected chi connectivity index (χ4v) is 2.38. The summed E-state index contributed by atoms with van der Waals surface area (Å²) in [5.41, 5.74) is 1.10. The maximum atomic E-state index is 12.3. The van der Waals surface area contributed by atoms with Crippen LogP contribution in [0.3, 0.4) is 0 Å². The van der Waals surface area contributed by atoms with Gasteiger partial charge in [0.25, 0.3) is 11.6 Å². The number of anilines is 1. The molecule has 0 atom stereocenters. The smallest absolute Gasteiger partial charge is 0.271 e. The summed E-state index contributed by atoms with van der Waals surface area (Å²) >= 11 is 0. The van der Waals surface area contributed by atoms with Crippen molar-refractivity contribution in [2.75, 3.05) is 5.32 Å². The number of benzene rings is 3. The van der Waals surface area contributed by atoms with Gasteiger partial charge < -0.3 is 15.2 Å². The molecule has 0 heterocycles. The van der Waals surface area contributed by atoms with Gasteiger partial charge in [-0.25, -0.2) is 0 Å². The molecule has 0 radical (unpaired) electrons. The highest BCUT2D eigenvalue weighted by Gasteiger charge is 2.14. The zero-order chi connectivity index (χ0) is 19.2. The molecule has 0 aliphatic rings. The van der Waals surface area contributed by atoms with Crippen LogP contribution in [0, 0.1) is 10.1 Å². The van der Waals surface area contributed by atoms with Crippen molar-refractivity contribution in [3.8, 4) is 11.5 Å². The lowest BCUT2D eigenvalue weighted by Gasteiger charge is -2.09. The molecule has 0 bridgehead atoms. The third kappa shape index (κ3) is 4.60. The van der Waals surface area contributed by atoms with Crippen molar-refractivity contribution in [1.29, 1.82) is 0 Å². The zero-order valence-corrected chi connectivity index (χ0v) is 14.2. The van der Waals surface area contributed by atoms with Crippen molar-refractivity contribution in [3.63, 3.8) is 0 Å². The second-order valence-corrected chi connectivity index (χ2v) is 5.71. The Balaban J connectivity index is 1.65. The van der Waals surface area contributed by atoms with E-state index in [9.17, 15) is 20.0 Å². The topological polar surface area (TPSA) is 102 Å². The van der Waals surface area contributed by atoms with Gasteiger partial charge in [-0.05, 0) is 35.9 Å². The fourth-order valence-electron chi connectivity index (χ4n) is 2.38. The van der Waals surface area contributed by atoms with Gasteiger partial charge in [-0.1, -0.05) is 30.3 Å². The largest absolute Gasteiger partial charge is 0.506 e. The van der Waals surface area contributed by atoms with E-state index in [-0.39, 0.29) is 17.1 Å². The third-order valence-corrected chi connectivity index (χ3v) is 3.80. The molecule has 3 aromatic rings. The maximum absolute atomic E-state index is 12.3. The number of amides is 1. The van der Waals surface area contributed by atoms with Gasteiger partial charge in [0.05, 0.1) is 10.6 Å². The summed E-state index contributed by atoms with van der Waals surface area (Å²) in [6.07, 6.45) is 0. The van der Waals surface area contributed by atoms with Gasteiger partial charge >= 0.3 is 0 Å². The molecule has 7 nitrogen and oxygen atoms in total. The van der Waals surface area contributed by atoms with Crippen LogP contribution in [0.1, 0.15) is 15.9 Å². The number of nitro benzene ring substituents is 1. The van der Waals surface area contributed by atoms with Gasteiger partial charge in [0.2, 0.25) is 0 Å². The van der Waals surface area contributed by atoms with E-state index in [1.54, 1.807) is 24.3 Å². The minimum atomic E-state index is -0.603. The first kappa shape index (κ1) is 17.9. The summed E-state index contributed by atoms with van der Waals surface area (Å²) < 4.78 is 5.66. The van der Waals surface area contributed by atoms with E-state index in [0.717, 1.165) is 23.8 Å². The Bertz CT molecular complexity index is 956. The molecule has 7 heteroatoms. The first-order valence-electron chi connectivity index (χ1n) is 8.08. The highest BCUT2D eigenvalue weighted by molar-refractivity contribution is 6.05. The fraction of sp³-hybridized carbons (Fsp3) is 0.0500. The van der Waals surface area contributed by atoms with Crippen molar-refractivity contribution in [2.24, 2.45) is 0 Å². The molecular weight excluding hydrogens is 348 g/mol. The monoisotopic (exact) mass is 364 g/mol. The molecule has 0 aliphatic heterocycles. The third-order valence-electron chi connectivity index (χ3n) is 3.80.